The van der Waals surface area contributed by atoms with E-state index in [0.29, 0.717) is 17.9 Å². The molecule has 0 fully saturated rings. The van der Waals surface area contributed by atoms with Gasteiger partial charge in [-0.25, -0.2) is 0 Å². The zero-order valence-electron chi connectivity index (χ0n) is 11.4. The normalized spacial score (nSPS) is 11.7. The van der Waals surface area contributed by atoms with Crippen molar-refractivity contribution >= 4 is 27.7 Å². The lowest BCUT2D eigenvalue weighted by Crippen LogP contribution is -2.44. The zero-order chi connectivity index (χ0) is 15.2. The molecule has 0 saturated heterocycles. The number of nitrogens with one attached hydrogen (secondary N) is 2. The Balaban J connectivity index is 1.85. The van der Waals surface area contributed by atoms with Gasteiger partial charge < -0.3 is 15.1 Å². The van der Waals surface area contributed by atoms with Crippen molar-refractivity contribution in [3.63, 3.8) is 0 Å². The number of amides is 2. The van der Waals surface area contributed by atoms with Crippen LogP contribution in [0.1, 0.15) is 23.0 Å². The molecule has 0 aliphatic carbocycles. The Bertz CT molecular complexity index is 608. The highest BCUT2D eigenvalue weighted by molar-refractivity contribution is 9.10. The summed E-state index contributed by atoms with van der Waals surface area (Å²) in [4.78, 5) is 23.9. The third-order valence-corrected chi connectivity index (χ3v) is 3.39. The van der Waals surface area contributed by atoms with Gasteiger partial charge in [0.2, 0.25) is 5.91 Å². The van der Waals surface area contributed by atoms with Crippen LogP contribution in [-0.4, -0.2) is 17.9 Å². The average molecular weight is 351 g/mol. The molecule has 1 heterocycles. The van der Waals surface area contributed by atoms with Crippen LogP contribution in [-0.2, 0) is 11.3 Å². The van der Waals surface area contributed by atoms with E-state index in [1.54, 1.807) is 49.6 Å². The molecule has 2 amide bonds. The lowest BCUT2D eigenvalue weighted by molar-refractivity contribution is -0.122. The van der Waals surface area contributed by atoms with Crippen LogP contribution >= 0.6 is 15.9 Å². The lowest BCUT2D eigenvalue weighted by Gasteiger charge is -2.13. The Hall–Kier alpha value is -2.08. The molecular weight excluding hydrogens is 336 g/mol. The van der Waals surface area contributed by atoms with E-state index in [9.17, 15) is 9.59 Å². The highest BCUT2D eigenvalue weighted by atomic mass is 79.9. The SMILES string of the molecule is CC(NC(=O)c1ccc(Br)cc1)C(=O)NCc1ccco1. The summed E-state index contributed by atoms with van der Waals surface area (Å²) in [6, 6.07) is 9.81. The largest absolute Gasteiger partial charge is 0.467 e. The number of benzene rings is 1. The number of furan rings is 1. The predicted octanol–water partition coefficient (Wildman–Crippen LogP) is 2.48. The minimum Gasteiger partial charge on any atom is -0.467 e. The first-order chi connectivity index (χ1) is 10.1. The highest BCUT2D eigenvalue weighted by Gasteiger charge is 2.16. The van der Waals surface area contributed by atoms with Crippen molar-refractivity contribution in [3.05, 3.63) is 58.5 Å². The van der Waals surface area contributed by atoms with Crippen LogP contribution < -0.4 is 10.6 Å². The smallest absolute Gasteiger partial charge is 0.251 e. The minimum atomic E-state index is -0.629. The fraction of sp³-hybridized carbons (Fsp3) is 0.200. The predicted molar refractivity (Wildman–Crippen MR) is 81.6 cm³/mol. The Labute approximate surface area is 130 Å². The molecule has 0 bridgehead atoms. The number of hydrogen-bond acceptors (Lipinski definition) is 3. The summed E-state index contributed by atoms with van der Waals surface area (Å²) in [5.41, 5.74) is 0.504. The van der Waals surface area contributed by atoms with Gasteiger partial charge in [-0.1, -0.05) is 15.9 Å². The van der Waals surface area contributed by atoms with Gasteiger partial charge in [0, 0.05) is 10.0 Å². The summed E-state index contributed by atoms with van der Waals surface area (Å²) in [5.74, 6) is 0.106. The molecule has 0 spiro atoms. The van der Waals surface area contributed by atoms with Gasteiger partial charge in [-0.05, 0) is 43.3 Å². The van der Waals surface area contributed by atoms with Crippen molar-refractivity contribution in [1.82, 2.24) is 10.6 Å². The molecule has 1 aromatic heterocycles. The van der Waals surface area contributed by atoms with Crippen LogP contribution in [0.2, 0.25) is 0 Å². The van der Waals surface area contributed by atoms with E-state index in [-0.39, 0.29) is 11.8 Å². The molecule has 1 unspecified atom stereocenters. The Morgan fingerprint density at radius 1 is 1.24 bits per heavy atom. The maximum absolute atomic E-state index is 12.0. The molecular formula is C15H15BrN2O3. The molecule has 2 rings (SSSR count). The number of halogens is 1. The van der Waals surface area contributed by atoms with Crippen molar-refractivity contribution in [2.75, 3.05) is 0 Å². The summed E-state index contributed by atoms with van der Waals surface area (Å²) in [5, 5.41) is 5.34. The molecule has 6 heteroatoms. The van der Waals surface area contributed by atoms with Gasteiger partial charge in [-0.3, -0.25) is 9.59 Å². The van der Waals surface area contributed by atoms with Gasteiger partial charge in [0.1, 0.15) is 11.8 Å². The van der Waals surface area contributed by atoms with Gasteiger partial charge in [0.25, 0.3) is 5.91 Å². The third kappa shape index (κ3) is 4.46. The van der Waals surface area contributed by atoms with E-state index in [4.69, 9.17) is 4.42 Å². The maximum atomic E-state index is 12.0. The molecule has 110 valence electrons. The van der Waals surface area contributed by atoms with Crippen LogP contribution in [0.4, 0.5) is 0 Å². The highest BCUT2D eigenvalue weighted by Crippen LogP contribution is 2.10. The molecule has 1 atom stereocenters. The van der Waals surface area contributed by atoms with Gasteiger partial charge in [0.05, 0.1) is 12.8 Å². The van der Waals surface area contributed by atoms with E-state index in [0.717, 1.165) is 4.47 Å². The van der Waals surface area contributed by atoms with Gasteiger partial charge in [-0.15, -0.1) is 0 Å². The van der Waals surface area contributed by atoms with Crippen LogP contribution in [0, 0.1) is 0 Å². The number of hydrogen-bond donors (Lipinski definition) is 2. The molecule has 2 N–H and O–H groups in total. The van der Waals surface area contributed by atoms with Crippen molar-refractivity contribution in [2.24, 2.45) is 0 Å². The molecule has 2 aromatic rings. The molecule has 5 nitrogen and oxygen atoms in total. The summed E-state index contributed by atoms with van der Waals surface area (Å²) < 4.78 is 6.01. The fourth-order valence-corrected chi connectivity index (χ4v) is 1.95. The second-order valence-electron chi connectivity index (χ2n) is 4.50. The molecule has 0 aliphatic rings. The van der Waals surface area contributed by atoms with E-state index in [2.05, 4.69) is 26.6 Å². The Morgan fingerprint density at radius 2 is 1.95 bits per heavy atom. The molecule has 21 heavy (non-hydrogen) atoms. The average Bonchev–Trinajstić information content (AvgIpc) is 2.98. The van der Waals surface area contributed by atoms with E-state index in [1.165, 1.54) is 0 Å². The lowest BCUT2D eigenvalue weighted by atomic mass is 10.2. The molecule has 0 saturated carbocycles. The van der Waals surface area contributed by atoms with Crippen LogP contribution in [0.5, 0.6) is 0 Å². The van der Waals surface area contributed by atoms with Crippen molar-refractivity contribution in [1.29, 1.82) is 0 Å². The van der Waals surface area contributed by atoms with Gasteiger partial charge >= 0.3 is 0 Å². The van der Waals surface area contributed by atoms with Crippen LogP contribution in [0.25, 0.3) is 0 Å². The Kier molecular flexibility index (Phi) is 5.16. The first-order valence-corrected chi connectivity index (χ1v) is 7.22. The number of carbonyl (C=O) groups is 2. The van der Waals surface area contributed by atoms with Crippen LogP contribution in [0.15, 0.2) is 51.6 Å². The molecule has 0 aliphatic heterocycles. The monoisotopic (exact) mass is 350 g/mol. The molecule has 1 aromatic carbocycles. The van der Waals surface area contributed by atoms with E-state index in [1.807, 2.05) is 0 Å². The summed E-state index contributed by atoms with van der Waals surface area (Å²) >= 11 is 3.30. The third-order valence-electron chi connectivity index (χ3n) is 2.86. The summed E-state index contributed by atoms with van der Waals surface area (Å²) in [6.45, 7) is 1.93. The fourth-order valence-electron chi connectivity index (χ4n) is 1.69. The quantitative estimate of drug-likeness (QED) is 0.869. The first-order valence-electron chi connectivity index (χ1n) is 6.43. The minimum absolute atomic E-state index is 0.267. The summed E-state index contributed by atoms with van der Waals surface area (Å²) in [7, 11) is 0. The Morgan fingerprint density at radius 3 is 2.57 bits per heavy atom. The second-order valence-corrected chi connectivity index (χ2v) is 5.41. The number of carbonyl (C=O) groups excluding carboxylic acids is 2. The zero-order valence-corrected chi connectivity index (χ0v) is 13.0. The van der Waals surface area contributed by atoms with Gasteiger partial charge in [0.15, 0.2) is 0 Å². The molecule has 0 radical (unpaired) electrons. The maximum Gasteiger partial charge on any atom is 0.251 e. The summed E-state index contributed by atoms with van der Waals surface area (Å²) in [6.07, 6.45) is 1.54. The van der Waals surface area contributed by atoms with E-state index < -0.39 is 6.04 Å². The van der Waals surface area contributed by atoms with Crippen molar-refractivity contribution < 1.29 is 14.0 Å². The number of rotatable bonds is 5. The standard InChI is InChI=1S/C15H15BrN2O3/c1-10(14(19)17-9-13-3-2-8-21-13)18-15(20)11-4-6-12(16)7-5-11/h2-8,10H,9H2,1H3,(H,17,19)(H,18,20). The topological polar surface area (TPSA) is 71.3 Å². The van der Waals surface area contributed by atoms with Crippen LogP contribution in [0.3, 0.4) is 0 Å². The second kappa shape index (κ2) is 7.08. The van der Waals surface area contributed by atoms with Crippen molar-refractivity contribution in [3.8, 4) is 0 Å². The van der Waals surface area contributed by atoms with Gasteiger partial charge in [-0.2, -0.15) is 0 Å². The van der Waals surface area contributed by atoms with E-state index >= 15 is 0 Å². The van der Waals surface area contributed by atoms with Crippen molar-refractivity contribution in [2.45, 2.75) is 19.5 Å². The first kappa shape index (κ1) is 15.3.